The lowest BCUT2D eigenvalue weighted by molar-refractivity contribution is -0.142. The van der Waals surface area contributed by atoms with Gasteiger partial charge in [0.05, 0.1) is 6.54 Å². The summed E-state index contributed by atoms with van der Waals surface area (Å²) in [6.07, 6.45) is 4.21. The van der Waals surface area contributed by atoms with E-state index >= 15 is 0 Å². The summed E-state index contributed by atoms with van der Waals surface area (Å²) in [6.45, 7) is 4.33. The summed E-state index contributed by atoms with van der Waals surface area (Å²) >= 11 is 0. The topological polar surface area (TPSA) is 71.2 Å². The summed E-state index contributed by atoms with van der Waals surface area (Å²) in [7, 11) is 0. The third-order valence-electron chi connectivity index (χ3n) is 3.12. The molecule has 0 amide bonds. The molecule has 0 saturated carbocycles. The van der Waals surface area contributed by atoms with Crippen molar-refractivity contribution in [2.75, 3.05) is 6.54 Å². The van der Waals surface area contributed by atoms with Crippen molar-refractivity contribution in [2.24, 2.45) is 0 Å². The minimum atomic E-state index is -0.732. The van der Waals surface area contributed by atoms with Gasteiger partial charge in [0.25, 0.3) is 0 Å². The van der Waals surface area contributed by atoms with E-state index in [-0.39, 0.29) is 6.04 Å². The van der Waals surface area contributed by atoms with Crippen molar-refractivity contribution in [1.82, 2.24) is 19.7 Å². The van der Waals surface area contributed by atoms with E-state index in [0.29, 0.717) is 6.54 Å². The Balaban J connectivity index is 2.04. The molecule has 1 unspecified atom stereocenters. The van der Waals surface area contributed by atoms with Gasteiger partial charge < -0.3 is 5.11 Å². The number of aromatic nitrogens is 3. The lowest BCUT2D eigenvalue weighted by atomic mass is 10.2. The Kier molecular flexibility index (Phi) is 3.73. The molecule has 0 aliphatic carbocycles. The molecule has 1 aromatic rings. The Morgan fingerprint density at radius 2 is 2.47 bits per heavy atom. The number of likely N-dealkylation sites (tertiary alicyclic amines) is 1. The molecule has 6 nitrogen and oxygen atoms in total. The van der Waals surface area contributed by atoms with Crippen LogP contribution in [-0.4, -0.2) is 43.3 Å². The number of aliphatic carboxylic acids is 1. The fourth-order valence-corrected chi connectivity index (χ4v) is 2.29. The second kappa shape index (κ2) is 5.27. The molecule has 1 aliphatic rings. The zero-order valence-electron chi connectivity index (χ0n) is 10.0. The zero-order chi connectivity index (χ0) is 12.3. The van der Waals surface area contributed by atoms with Crippen molar-refractivity contribution in [3.05, 3.63) is 12.2 Å². The minimum Gasteiger partial charge on any atom is -0.480 e. The van der Waals surface area contributed by atoms with Gasteiger partial charge in [-0.05, 0) is 25.8 Å². The molecule has 94 valence electrons. The van der Waals surface area contributed by atoms with E-state index in [0.717, 1.165) is 38.2 Å². The van der Waals surface area contributed by atoms with Gasteiger partial charge in [-0.2, -0.15) is 5.10 Å². The number of hydrogen-bond acceptors (Lipinski definition) is 4. The highest BCUT2D eigenvalue weighted by Gasteiger charge is 2.31. The summed E-state index contributed by atoms with van der Waals surface area (Å²) in [5.74, 6) is 0.129. The molecule has 1 fully saturated rings. The highest BCUT2D eigenvalue weighted by Crippen LogP contribution is 2.19. The predicted octanol–water partition coefficient (Wildman–Crippen LogP) is 0.737. The largest absolute Gasteiger partial charge is 0.480 e. The SMILES string of the molecule is CCCn1ncnc1CN1CCCC1C(=O)O. The molecule has 0 spiro atoms. The summed E-state index contributed by atoms with van der Waals surface area (Å²) in [5.41, 5.74) is 0. The van der Waals surface area contributed by atoms with E-state index in [1.54, 1.807) is 0 Å². The molecule has 1 N–H and O–H groups in total. The second-order valence-corrected chi connectivity index (χ2v) is 4.37. The average Bonchev–Trinajstić information content (AvgIpc) is 2.89. The molecule has 6 heteroatoms. The molecular weight excluding hydrogens is 220 g/mol. The third kappa shape index (κ3) is 2.63. The molecular formula is C11H18N4O2. The fraction of sp³-hybridized carbons (Fsp3) is 0.727. The maximum Gasteiger partial charge on any atom is 0.320 e. The van der Waals surface area contributed by atoms with Crippen molar-refractivity contribution < 1.29 is 9.90 Å². The van der Waals surface area contributed by atoms with Crippen molar-refractivity contribution in [3.8, 4) is 0 Å². The lowest BCUT2D eigenvalue weighted by Gasteiger charge is -2.20. The average molecular weight is 238 g/mol. The first-order valence-corrected chi connectivity index (χ1v) is 6.06. The quantitative estimate of drug-likeness (QED) is 0.819. The van der Waals surface area contributed by atoms with E-state index < -0.39 is 5.97 Å². The first kappa shape index (κ1) is 12.0. The standard InChI is InChI=1S/C11H18N4O2/c1-2-5-15-10(12-8-13-15)7-14-6-3-4-9(14)11(16)17/h8-9H,2-7H2,1H3,(H,16,17). The minimum absolute atomic E-state index is 0.359. The molecule has 1 saturated heterocycles. The Morgan fingerprint density at radius 1 is 1.65 bits per heavy atom. The van der Waals surface area contributed by atoms with Crippen LogP contribution in [0.3, 0.4) is 0 Å². The van der Waals surface area contributed by atoms with Crippen molar-refractivity contribution >= 4 is 5.97 Å². The summed E-state index contributed by atoms with van der Waals surface area (Å²) in [6, 6.07) is -0.359. The van der Waals surface area contributed by atoms with Gasteiger partial charge in [-0.15, -0.1) is 0 Å². The van der Waals surface area contributed by atoms with Gasteiger partial charge in [0.1, 0.15) is 18.2 Å². The van der Waals surface area contributed by atoms with Gasteiger partial charge in [0.2, 0.25) is 0 Å². The van der Waals surface area contributed by atoms with Gasteiger partial charge in [-0.25, -0.2) is 9.67 Å². The monoisotopic (exact) mass is 238 g/mol. The molecule has 1 aliphatic heterocycles. The zero-order valence-corrected chi connectivity index (χ0v) is 10.0. The molecule has 17 heavy (non-hydrogen) atoms. The van der Waals surface area contributed by atoms with Gasteiger partial charge >= 0.3 is 5.97 Å². The number of rotatable bonds is 5. The van der Waals surface area contributed by atoms with Gasteiger partial charge in [0.15, 0.2) is 0 Å². The van der Waals surface area contributed by atoms with Crippen molar-refractivity contribution in [3.63, 3.8) is 0 Å². The number of aryl methyl sites for hydroxylation is 1. The molecule has 0 radical (unpaired) electrons. The van der Waals surface area contributed by atoms with Gasteiger partial charge in [-0.3, -0.25) is 9.69 Å². The van der Waals surface area contributed by atoms with Crippen LogP contribution in [0.5, 0.6) is 0 Å². The van der Waals surface area contributed by atoms with E-state index in [1.165, 1.54) is 6.33 Å². The van der Waals surface area contributed by atoms with E-state index in [1.807, 2.05) is 9.58 Å². The fourth-order valence-electron chi connectivity index (χ4n) is 2.29. The molecule has 2 heterocycles. The predicted molar refractivity (Wildman–Crippen MR) is 61.4 cm³/mol. The maximum absolute atomic E-state index is 11.1. The first-order chi connectivity index (χ1) is 8.22. The number of nitrogens with zero attached hydrogens (tertiary/aromatic N) is 4. The van der Waals surface area contributed by atoms with E-state index in [2.05, 4.69) is 17.0 Å². The van der Waals surface area contributed by atoms with Crippen LogP contribution >= 0.6 is 0 Å². The second-order valence-electron chi connectivity index (χ2n) is 4.37. The smallest absolute Gasteiger partial charge is 0.320 e. The van der Waals surface area contributed by atoms with Crippen LogP contribution in [0.2, 0.25) is 0 Å². The first-order valence-electron chi connectivity index (χ1n) is 6.06. The number of carbonyl (C=O) groups is 1. The summed E-state index contributed by atoms with van der Waals surface area (Å²) in [4.78, 5) is 17.2. The van der Waals surface area contributed by atoms with Crippen LogP contribution < -0.4 is 0 Å². The lowest BCUT2D eigenvalue weighted by Crippen LogP contribution is -2.36. The molecule has 1 atom stereocenters. The Morgan fingerprint density at radius 3 is 3.18 bits per heavy atom. The number of hydrogen-bond donors (Lipinski definition) is 1. The Bertz CT molecular complexity index is 391. The maximum atomic E-state index is 11.1. The normalized spacial score (nSPS) is 20.9. The van der Waals surface area contributed by atoms with Crippen LogP contribution in [0.4, 0.5) is 0 Å². The molecule has 2 rings (SSSR count). The highest BCUT2D eigenvalue weighted by molar-refractivity contribution is 5.73. The van der Waals surface area contributed by atoms with Crippen LogP contribution in [-0.2, 0) is 17.9 Å². The molecule has 1 aromatic heterocycles. The van der Waals surface area contributed by atoms with E-state index in [9.17, 15) is 4.79 Å². The number of carboxylic acid groups (broad SMARTS) is 1. The molecule has 0 aromatic carbocycles. The summed E-state index contributed by atoms with van der Waals surface area (Å²) < 4.78 is 1.86. The van der Waals surface area contributed by atoms with Crippen LogP contribution in [0.1, 0.15) is 32.0 Å². The van der Waals surface area contributed by atoms with Gasteiger partial charge in [0, 0.05) is 6.54 Å². The number of carboxylic acids is 1. The highest BCUT2D eigenvalue weighted by atomic mass is 16.4. The van der Waals surface area contributed by atoms with Crippen LogP contribution in [0.25, 0.3) is 0 Å². The van der Waals surface area contributed by atoms with Crippen LogP contribution in [0.15, 0.2) is 6.33 Å². The third-order valence-corrected chi connectivity index (χ3v) is 3.12. The Hall–Kier alpha value is -1.43. The molecule has 0 bridgehead atoms. The van der Waals surface area contributed by atoms with Crippen molar-refractivity contribution in [2.45, 2.75) is 45.3 Å². The van der Waals surface area contributed by atoms with Gasteiger partial charge in [-0.1, -0.05) is 6.92 Å². The van der Waals surface area contributed by atoms with Crippen LogP contribution in [0, 0.1) is 0 Å². The Labute approximate surface area is 100 Å². The van der Waals surface area contributed by atoms with E-state index in [4.69, 9.17) is 5.11 Å². The van der Waals surface area contributed by atoms with Crippen molar-refractivity contribution in [1.29, 1.82) is 0 Å². The summed E-state index contributed by atoms with van der Waals surface area (Å²) in [5, 5.41) is 13.2.